The molecule has 0 spiro atoms. The fourth-order valence-electron chi connectivity index (χ4n) is 2.88. The molecule has 0 radical (unpaired) electrons. The van der Waals surface area contributed by atoms with Gasteiger partial charge in [0.2, 0.25) is 15.9 Å². The Labute approximate surface area is 184 Å². The van der Waals surface area contributed by atoms with Crippen molar-refractivity contribution in [3.05, 3.63) is 47.0 Å². The summed E-state index contributed by atoms with van der Waals surface area (Å²) in [5.74, 6) is -0.559. The molecule has 0 aromatic heterocycles. The number of carbonyl (C=O) groups excluding carboxylic acids is 2. The minimum atomic E-state index is -3.79. The minimum Gasteiger partial charge on any atom is -0.486 e. The highest BCUT2D eigenvalue weighted by Gasteiger charge is 2.26. The standard InChI is InChI=1S/C20H21ClN2O7S/c1-3-31(26,27)23(14-5-7-17-18(11-14)30-9-8-29-17)12-19(24)22-16-10-13(20(25)28-2)4-6-15(16)21/h4-7,10-11H,3,8-9,12H2,1-2H3,(H,22,24). The van der Waals surface area contributed by atoms with Gasteiger partial charge in [-0.1, -0.05) is 11.6 Å². The van der Waals surface area contributed by atoms with Crippen molar-refractivity contribution in [2.24, 2.45) is 0 Å². The number of nitrogens with zero attached hydrogens (tertiary/aromatic N) is 1. The molecule has 2 aromatic rings. The normalized spacial score (nSPS) is 12.7. The van der Waals surface area contributed by atoms with Crippen LogP contribution in [0.15, 0.2) is 36.4 Å². The number of sulfonamides is 1. The highest BCUT2D eigenvalue weighted by Crippen LogP contribution is 2.35. The van der Waals surface area contributed by atoms with E-state index in [4.69, 9.17) is 21.1 Å². The van der Waals surface area contributed by atoms with Crippen LogP contribution in [0.5, 0.6) is 11.5 Å². The molecule has 2 aromatic carbocycles. The van der Waals surface area contributed by atoms with Crippen LogP contribution < -0.4 is 19.1 Å². The maximum atomic E-state index is 12.7. The van der Waals surface area contributed by atoms with Crippen LogP contribution in [0.1, 0.15) is 17.3 Å². The van der Waals surface area contributed by atoms with Gasteiger partial charge in [0.25, 0.3) is 0 Å². The summed E-state index contributed by atoms with van der Waals surface area (Å²) in [7, 11) is -2.56. The van der Waals surface area contributed by atoms with E-state index in [1.807, 2.05) is 0 Å². The lowest BCUT2D eigenvalue weighted by molar-refractivity contribution is -0.114. The molecule has 0 saturated heterocycles. The van der Waals surface area contributed by atoms with Gasteiger partial charge in [-0.2, -0.15) is 0 Å². The maximum absolute atomic E-state index is 12.7. The number of esters is 1. The number of hydrogen-bond donors (Lipinski definition) is 1. The number of amides is 1. The average molecular weight is 469 g/mol. The van der Waals surface area contributed by atoms with Gasteiger partial charge in [-0.3, -0.25) is 9.10 Å². The summed E-state index contributed by atoms with van der Waals surface area (Å²) < 4.78 is 42.0. The first-order valence-corrected chi connectivity index (χ1v) is 11.3. The number of fused-ring (bicyclic) bond motifs is 1. The summed E-state index contributed by atoms with van der Waals surface area (Å²) in [6.07, 6.45) is 0. The number of ether oxygens (including phenoxy) is 3. The molecule has 0 unspecified atom stereocenters. The number of rotatable bonds is 7. The number of methoxy groups -OCH3 is 1. The van der Waals surface area contributed by atoms with Gasteiger partial charge in [0, 0.05) is 6.07 Å². The Bertz CT molecular complexity index is 1100. The Kier molecular flexibility index (Phi) is 6.91. The molecule has 0 saturated carbocycles. The van der Waals surface area contributed by atoms with Crippen molar-refractivity contribution in [2.75, 3.05) is 42.2 Å². The van der Waals surface area contributed by atoms with Crippen LogP contribution in [0.4, 0.5) is 11.4 Å². The zero-order chi connectivity index (χ0) is 22.6. The van der Waals surface area contributed by atoms with E-state index < -0.39 is 28.4 Å². The van der Waals surface area contributed by atoms with Crippen molar-refractivity contribution < 1.29 is 32.2 Å². The highest BCUT2D eigenvalue weighted by molar-refractivity contribution is 7.92. The fourth-order valence-corrected chi connectivity index (χ4v) is 4.10. The summed E-state index contributed by atoms with van der Waals surface area (Å²) in [5.41, 5.74) is 0.605. The van der Waals surface area contributed by atoms with Crippen molar-refractivity contribution in [3.8, 4) is 11.5 Å². The topological polar surface area (TPSA) is 111 Å². The molecule has 31 heavy (non-hydrogen) atoms. The van der Waals surface area contributed by atoms with E-state index in [1.165, 1.54) is 38.3 Å². The Morgan fingerprint density at radius 2 is 1.84 bits per heavy atom. The molecular formula is C20H21ClN2O7S. The summed E-state index contributed by atoms with van der Waals surface area (Å²) in [6, 6.07) is 8.89. The first-order chi connectivity index (χ1) is 14.7. The van der Waals surface area contributed by atoms with Crippen LogP contribution in [-0.4, -0.2) is 52.9 Å². The zero-order valence-corrected chi connectivity index (χ0v) is 18.5. The van der Waals surface area contributed by atoms with Crippen LogP contribution >= 0.6 is 11.6 Å². The van der Waals surface area contributed by atoms with Gasteiger partial charge >= 0.3 is 5.97 Å². The minimum absolute atomic E-state index is 0.158. The molecule has 9 nitrogen and oxygen atoms in total. The molecule has 1 heterocycles. The molecule has 1 N–H and O–H groups in total. The summed E-state index contributed by atoms with van der Waals surface area (Å²) in [4.78, 5) is 24.4. The lowest BCUT2D eigenvalue weighted by Gasteiger charge is -2.25. The van der Waals surface area contributed by atoms with E-state index in [2.05, 4.69) is 10.1 Å². The average Bonchev–Trinajstić information content (AvgIpc) is 2.78. The van der Waals surface area contributed by atoms with Gasteiger partial charge in [0.05, 0.1) is 34.8 Å². The summed E-state index contributed by atoms with van der Waals surface area (Å²) in [5, 5.41) is 2.73. The van der Waals surface area contributed by atoms with Crippen molar-refractivity contribution in [1.29, 1.82) is 0 Å². The zero-order valence-electron chi connectivity index (χ0n) is 16.9. The molecule has 166 valence electrons. The lowest BCUT2D eigenvalue weighted by Crippen LogP contribution is -2.39. The molecule has 0 fully saturated rings. The van der Waals surface area contributed by atoms with Crippen molar-refractivity contribution in [1.82, 2.24) is 0 Å². The van der Waals surface area contributed by atoms with Crippen LogP contribution in [0, 0.1) is 0 Å². The first-order valence-electron chi connectivity index (χ1n) is 9.33. The third-order valence-corrected chi connectivity index (χ3v) is 6.53. The monoisotopic (exact) mass is 468 g/mol. The van der Waals surface area contributed by atoms with E-state index >= 15 is 0 Å². The van der Waals surface area contributed by atoms with Gasteiger partial charge in [0.15, 0.2) is 11.5 Å². The van der Waals surface area contributed by atoms with Crippen molar-refractivity contribution in [3.63, 3.8) is 0 Å². The SMILES string of the molecule is CCS(=O)(=O)N(CC(=O)Nc1cc(C(=O)OC)ccc1Cl)c1ccc2c(c1)OCCO2. The van der Waals surface area contributed by atoms with Crippen LogP contribution in [0.25, 0.3) is 0 Å². The molecule has 0 aliphatic carbocycles. The Balaban J connectivity index is 1.86. The number of nitrogens with one attached hydrogen (secondary N) is 1. The molecule has 11 heteroatoms. The quantitative estimate of drug-likeness (QED) is 0.622. The van der Waals surface area contributed by atoms with Gasteiger partial charge in [-0.05, 0) is 37.3 Å². The Hall–Kier alpha value is -2.98. The summed E-state index contributed by atoms with van der Waals surface area (Å²) in [6.45, 7) is 1.72. The van der Waals surface area contributed by atoms with Crippen LogP contribution in [0.3, 0.4) is 0 Å². The number of carbonyl (C=O) groups is 2. The van der Waals surface area contributed by atoms with Gasteiger partial charge in [-0.25, -0.2) is 13.2 Å². The van der Waals surface area contributed by atoms with E-state index in [0.717, 1.165) is 4.31 Å². The smallest absolute Gasteiger partial charge is 0.337 e. The maximum Gasteiger partial charge on any atom is 0.337 e. The second-order valence-electron chi connectivity index (χ2n) is 6.47. The second-order valence-corrected chi connectivity index (χ2v) is 9.06. The van der Waals surface area contributed by atoms with Crippen LogP contribution in [-0.2, 0) is 19.6 Å². The molecule has 0 bridgehead atoms. The second kappa shape index (κ2) is 9.44. The Morgan fingerprint density at radius 3 is 2.52 bits per heavy atom. The molecule has 1 aliphatic heterocycles. The van der Waals surface area contributed by atoms with Gasteiger partial charge < -0.3 is 19.5 Å². The van der Waals surface area contributed by atoms with Crippen molar-refractivity contribution in [2.45, 2.75) is 6.92 Å². The number of anilines is 2. The van der Waals surface area contributed by atoms with E-state index in [9.17, 15) is 18.0 Å². The van der Waals surface area contributed by atoms with Gasteiger partial charge in [-0.15, -0.1) is 0 Å². The molecule has 1 aliphatic rings. The third kappa shape index (κ3) is 5.20. The molecule has 0 atom stereocenters. The largest absolute Gasteiger partial charge is 0.486 e. The Morgan fingerprint density at radius 1 is 1.13 bits per heavy atom. The summed E-state index contributed by atoms with van der Waals surface area (Å²) >= 11 is 6.11. The fraction of sp³-hybridized carbons (Fsp3) is 0.300. The third-order valence-electron chi connectivity index (χ3n) is 4.46. The molecule has 3 rings (SSSR count). The van der Waals surface area contributed by atoms with E-state index in [-0.39, 0.29) is 27.7 Å². The first kappa shape index (κ1) is 22.7. The molecular weight excluding hydrogens is 448 g/mol. The number of halogens is 1. The van der Waals surface area contributed by atoms with Gasteiger partial charge in [0.1, 0.15) is 19.8 Å². The molecule has 1 amide bonds. The lowest BCUT2D eigenvalue weighted by atomic mass is 10.2. The van der Waals surface area contributed by atoms with Crippen LogP contribution in [0.2, 0.25) is 5.02 Å². The predicted octanol–water partition coefficient (Wildman–Crippen LogP) is 2.69. The highest BCUT2D eigenvalue weighted by atomic mass is 35.5. The number of benzene rings is 2. The van der Waals surface area contributed by atoms with E-state index in [1.54, 1.807) is 12.1 Å². The number of hydrogen-bond acceptors (Lipinski definition) is 7. The van der Waals surface area contributed by atoms with Crippen molar-refractivity contribution >= 4 is 44.9 Å². The van der Waals surface area contributed by atoms with E-state index in [0.29, 0.717) is 24.7 Å². The predicted molar refractivity (Wildman–Crippen MR) is 116 cm³/mol.